The predicted octanol–water partition coefficient (Wildman–Crippen LogP) is 0.715. The first-order valence-corrected chi connectivity index (χ1v) is 12.9. The van der Waals surface area contributed by atoms with Crippen molar-refractivity contribution in [2.24, 2.45) is 0 Å². The molecule has 11 heavy (non-hydrogen) atoms. The Morgan fingerprint density at radius 3 is 1.18 bits per heavy atom. The fourth-order valence-electron chi connectivity index (χ4n) is 1.44. The molecule has 69 valence electrons. The van der Waals surface area contributed by atoms with E-state index in [2.05, 4.69) is 20.8 Å². The molecule has 0 saturated carbocycles. The molecule has 1 radical (unpaired) electrons. The average molecular weight is 372 g/mol. The van der Waals surface area contributed by atoms with Crippen molar-refractivity contribution in [2.75, 3.05) is 0 Å². The third kappa shape index (κ3) is 9.12. The van der Waals surface area contributed by atoms with E-state index in [0.29, 0.717) is 0 Å². The topological polar surface area (TPSA) is 0 Å². The van der Waals surface area contributed by atoms with Crippen molar-refractivity contribution in [1.29, 1.82) is 0 Å². The van der Waals surface area contributed by atoms with Gasteiger partial charge in [0.15, 0.2) is 0 Å². The van der Waals surface area contributed by atoms with Crippen LogP contribution in [0.2, 0.25) is 11.9 Å². The molecule has 0 heterocycles. The normalized spacial score (nSPS) is 9.82. The van der Waals surface area contributed by atoms with Crippen LogP contribution in [-0.2, 0) is 0 Å². The monoisotopic (exact) mass is 372 g/mol. The Hall–Kier alpha value is 1.21. The van der Waals surface area contributed by atoms with Crippen molar-refractivity contribution < 1.29 is 12.4 Å². The second-order valence-corrected chi connectivity index (χ2v) is 14.7. The smallest absolute Gasteiger partial charge is 1.00 e. The summed E-state index contributed by atoms with van der Waals surface area (Å²) in [5.41, 5.74) is 0. The molecule has 0 nitrogen and oxygen atoms in total. The Morgan fingerprint density at radius 2 is 1.00 bits per heavy atom. The van der Waals surface area contributed by atoms with Gasteiger partial charge < -0.3 is 12.4 Å². The Kier molecular flexibility index (Phi) is 15.0. The first kappa shape index (κ1) is 14.7. The van der Waals surface area contributed by atoms with Gasteiger partial charge in [0.05, 0.1) is 0 Å². The molecule has 0 saturated heterocycles. The maximum absolute atomic E-state index is 2.34. The molecule has 0 atom stereocenters. The molecule has 0 aliphatic carbocycles. The second-order valence-electron chi connectivity index (χ2n) is 3.00. The van der Waals surface area contributed by atoms with Crippen molar-refractivity contribution in [1.82, 2.24) is 0 Å². The van der Waals surface area contributed by atoms with Crippen LogP contribution in [0.1, 0.15) is 40.0 Å². The van der Waals surface area contributed by atoms with Gasteiger partial charge in [-0.2, -0.15) is 0 Å². The predicted molar refractivity (Wildman–Crippen MR) is 51.0 cm³/mol. The van der Waals surface area contributed by atoms with Crippen LogP contribution in [0.25, 0.3) is 0 Å². The molecule has 0 N–H and O–H groups in total. The quantitative estimate of drug-likeness (QED) is 0.603. The Morgan fingerprint density at radius 1 is 0.727 bits per heavy atom. The molecule has 0 aromatic rings. The second kappa shape index (κ2) is 11.2. The van der Waals surface area contributed by atoms with Gasteiger partial charge in [-0.15, -0.1) is 0 Å². The third-order valence-corrected chi connectivity index (χ3v) is 15.9. The van der Waals surface area contributed by atoms with Crippen LogP contribution >= 0.6 is 0 Å². The van der Waals surface area contributed by atoms with E-state index in [0.717, 1.165) is 0 Å². The summed E-state index contributed by atoms with van der Waals surface area (Å²) >= 11 is -0.907. The molecule has 0 bridgehead atoms. The minimum Gasteiger partial charge on any atom is -1.00 e. The molecule has 0 aliphatic rings. The molecule has 0 aromatic carbocycles. The van der Waals surface area contributed by atoms with Crippen LogP contribution in [0.3, 0.4) is 0 Å². The van der Waals surface area contributed by atoms with Crippen molar-refractivity contribution >= 4 is 22.7 Å². The van der Waals surface area contributed by atoms with Crippen molar-refractivity contribution in [2.45, 2.75) is 52.0 Å². The molecule has 0 unspecified atom stereocenters. The van der Waals surface area contributed by atoms with E-state index in [-0.39, 0.29) is 12.4 Å². The molecular weight excluding hydrogens is 351 g/mol. The first-order chi connectivity index (χ1) is 4.85. The van der Waals surface area contributed by atoms with E-state index in [1.165, 1.54) is 19.3 Å². The molecule has 0 rings (SSSR count). The maximum Gasteiger partial charge on any atom is -1.00 e. The Labute approximate surface area is 86.7 Å². The number of rotatable bonds is 6. The Balaban J connectivity index is 0. The van der Waals surface area contributed by atoms with Crippen LogP contribution in [0.4, 0.5) is 0 Å². The van der Waals surface area contributed by atoms with Gasteiger partial charge in [-0.1, -0.05) is 0 Å². The minimum atomic E-state index is -0.907. The van der Waals surface area contributed by atoms with Gasteiger partial charge in [0.25, 0.3) is 0 Å². The van der Waals surface area contributed by atoms with Gasteiger partial charge in [0.2, 0.25) is 0 Å². The van der Waals surface area contributed by atoms with Gasteiger partial charge >= 0.3 is 74.7 Å². The average Bonchev–Trinajstić information content (AvgIpc) is 1.90. The van der Waals surface area contributed by atoms with Crippen LogP contribution in [-0.4, -0.2) is 22.7 Å². The fraction of sp³-hybridized carbons (Fsp3) is 1.00. The number of hydrogen-bond acceptors (Lipinski definition) is 0. The van der Waals surface area contributed by atoms with Crippen molar-refractivity contribution in [3.05, 3.63) is 0 Å². The van der Waals surface area contributed by atoms with Gasteiger partial charge in [-0.3, -0.25) is 0 Å². The van der Waals surface area contributed by atoms with Crippen LogP contribution in [0.15, 0.2) is 0 Å². The molecule has 0 amide bonds. The van der Waals surface area contributed by atoms with Gasteiger partial charge in [-0.05, 0) is 0 Å². The van der Waals surface area contributed by atoms with Crippen LogP contribution < -0.4 is 12.4 Å². The summed E-state index contributed by atoms with van der Waals surface area (Å²) in [6, 6.07) is 0. The van der Waals surface area contributed by atoms with Gasteiger partial charge in [-0.25, -0.2) is 0 Å². The zero-order valence-corrected chi connectivity index (χ0v) is 12.8. The summed E-state index contributed by atoms with van der Waals surface area (Å²) in [7, 11) is 0. The summed E-state index contributed by atoms with van der Waals surface area (Å²) in [5.74, 6) is 0. The maximum atomic E-state index is 2.34. The fourth-order valence-corrected chi connectivity index (χ4v) is 12.6. The minimum absolute atomic E-state index is 0. The van der Waals surface area contributed by atoms with Crippen molar-refractivity contribution in [3.63, 3.8) is 0 Å². The van der Waals surface area contributed by atoms with E-state index in [1.807, 2.05) is 0 Å². The molecular formula is C9H21ClPb-. The summed E-state index contributed by atoms with van der Waals surface area (Å²) in [5, 5.41) is 0. The third-order valence-electron chi connectivity index (χ3n) is 1.81. The standard InChI is InChI=1S/3C3H7.ClH.Pb/c3*1-3-2;;/h3*1,3H2,2H3;1H;/p-1. The number of hydrogen-bond donors (Lipinski definition) is 0. The van der Waals surface area contributed by atoms with Crippen molar-refractivity contribution in [3.8, 4) is 0 Å². The van der Waals surface area contributed by atoms with E-state index in [4.69, 9.17) is 0 Å². The van der Waals surface area contributed by atoms with Gasteiger partial charge in [0, 0.05) is 0 Å². The first-order valence-electron chi connectivity index (χ1n) is 4.68. The summed E-state index contributed by atoms with van der Waals surface area (Å²) < 4.78 is 4.98. The van der Waals surface area contributed by atoms with E-state index in [9.17, 15) is 0 Å². The largest absolute Gasteiger partial charge is 1.00 e. The van der Waals surface area contributed by atoms with E-state index in [1.54, 1.807) is 11.9 Å². The van der Waals surface area contributed by atoms with Crippen LogP contribution in [0.5, 0.6) is 0 Å². The summed E-state index contributed by atoms with van der Waals surface area (Å²) in [6.45, 7) is 7.03. The zero-order valence-electron chi connectivity index (χ0n) is 8.12. The molecule has 0 spiro atoms. The Bertz CT molecular complexity index is 52.3. The molecule has 0 aromatic heterocycles. The molecule has 0 fully saturated rings. The van der Waals surface area contributed by atoms with E-state index >= 15 is 0 Å². The number of halogens is 1. The summed E-state index contributed by atoms with van der Waals surface area (Å²) in [4.78, 5) is 0. The SMILES string of the molecule is CC[CH2][Pb]([CH2]CC)[CH2]CC.[Cl-]. The molecule has 0 aliphatic heterocycles. The van der Waals surface area contributed by atoms with Gasteiger partial charge in [0.1, 0.15) is 0 Å². The summed E-state index contributed by atoms with van der Waals surface area (Å²) in [6.07, 6.45) is 4.38. The zero-order chi connectivity index (χ0) is 7.82. The van der Waals surface area contributed by atoms with E-state index < -0.39 is 22.7 Å². The van der Waals surface area contributed by atoms with Crippen LogP contribution in [0, 0.1) is 0 Å². The molecule has 2 heteroatoms.